The number of likely N-dealkylation sites (tertiary alicyclic amines) is 1. The molecule has 0 aliphatic carbocycles. The van der Waals surface area contributed by atoms with Gasteiger partial charge >= 0.3 is 12.1 Å². The molecule has 1 fully saturated rings. The Balaban J connectivity index is 1.71. The van der Waals surface area contributed by atoms with Crippen molar-refractivity contribution in [1.29, 1.82) is 0 Å². The lowest BCUT2D eigenvalue weighted by Gasteiger charge is -2.33. The Bertz CT molecular complexity index is 1210. The van der Waals surface area contributed by atoms with Gasteiger partial charge in [-0.15, -0.1) is 0 Å². The molecule has 10 heteroatoms. The van der Waals surface area contributed by atoms with E-state index >= 15 is 0 Å². The number of aliphatic hydroxyl groups excluding tert-OH is 1. The summed E-state index contributed by atoms with van der Waals surface area (Å²) in [5, 5.41) is 11.8. The summed E-state index contributed by atoms with van der Waals surface area (Å²) in [4.78, 5) is 35.4. The summed E-state index contributed by atoms with van der Waals surface area (Å²) >= 11 is 6.60. The van der Waals surface area contributed by atoms with Crippen LogP contribution in [0, 0.1) is 5.92 Å². The highest BCUT2D eigenvalue weighted by molar-refractivity contribution is 6.37. The van der Waals surface area contributed by atoms with Crippen LogP contribution < -0.4 is 4.74 Å². The van der Waals surface area contributed by atoms with Crippen molar-refractivity contribution in [3.8, 4) is 5.75 Å². The van der Waals surface area contributed by atoms with E-state index in [0.29, 0.717) is 42.2 Å². The number of pyridine rings is 1. The van der Waals surface area contributed by atoms with E-state index in [1.54, 1.807) is 37.1 Å². The second kappa shape index (κ2) is 13.0. The summed E-state index contributed by atoms with van der Waals surface area (Å²) in [6.45, 7) is 9.11. The van der Waals surface area contributed by atoms with Crippen LogP contribution in [0.25, 0.3) is 16.7 Å². The molecule has 1 aromatic heterocycles. The molecule has 0 radical (unpaired) electrons. The van der Waals surface area contributed by atoms with Gasteiger partial charge in [0.25, 0.3) is 0 Å². The summed E-state index contributed by atoms with van der Waals surface area (Å²) in [5.41, 5.74) is 0.198. The molecule has 0 saturated carbocycles. The fourth-order valence-corrected chi connectivity index (χ4v) is 4.43. The number of benzene rings is 1. The number of hydrogen-bond acceptors (Lipinski definition) is 8. The molecule has 1 aliphatic rings. The van der Waals surface area contributed by atoms with Crippen molar-refractivity contribution in [1.82, 2.24) is 9.88 Å². The van der Waals surface area contributed by atoms with Crippen molar-refractivity contribution in [3.63, 3.8) is 0 Å². The smallest absolute Gasteiger partial charge is 0.410 e. The van der Waals surface area contributed by atoms with E-state index in [0.717, 1.165) is 19.3 Å². The number of aliphatic imine (C=N–C) groups is 1. The Morgan fingerprint density at radius 2 is 1.97 bits per heavy atom. The van der Waals surface area contributed by atoms with E-state index in [9.17, 15) is 14.7 Å². The number of amides is 1. The van der Waals surface area contributed by atoms with Gasteiger partial charge < -0.3 is 24.2 Å². The highest BCUT2D eigenvalue weighted by Crippen LogP contribution is 2.33. The Morgan fingerprint density at radius 1 is 1.26 bits per heavy atom. The number of rotatable bonds is 8. The summed E-state index contributed by atoms with van der Waals surface area (Å²) in [6.07, 6.45) is 4.94. The van der Waals surface area contributed by atoms with Gasteiger partial charge in [-0.25, -0.2) is 9.59 Å². The third-order valence-electron chi connectivity index (χ3n) is 6.17. The Kier molecular flexibility index (Phi) is 9.96. The molecule has 1 N–H and O–H groups in total. The lowest BCUT2D eigenvalue weighted by Crippen LogP contribution is -2.41. The number of aliphatic hydroxyl groups is 1. The van der Waals surface area contributed by atoms with E-state index in [1.165, 1.54) is 12.4 Å². The second-order valence-corrected chi connectivity index (χ2v) is 10.5. The van der Waals surface area contributed by atoms with Crippen molar-refractivity contribution in [2.24, 2.45) is 10.9 Å². The number of ether oxygens (including phenoxy) is 3. The van der Waals surface area contributed by atoms with Crippen LogP contribution in [0.2, 0.25) is 5.02 Å². The molecule has 0 unspecified atom stereocenters. The molecule has 2 heterocycles. The van der Waals surface area contributed by atoms with Crippen LogP contribution in [0.5, 0.6) is 5.75 Å². The van der Waals surface area contributed by atoms with Gasteiger partial charge in [-0.3, -0.25) is 9.98 Å². The Morgan fingerprint density at radius 3 is 2.61 bits per heavy atom. The number of aromatic nitrogens is 1. The minimum Gasteiger partial charge on any atom is -0.506 e. The molecule has 38 heavy (non-hydrogen) atoms. The molecule has 1 amide bonds. The Hall–Kier alpha value is -3.33. The van der Waals surface area contributed by atoms with Gasteiger partial charge in [0.2, 0.25) is 0 Å². The quantitative estimate of drug-likeness (QED) is 0.192. The predicted octanol–water partition coefficient (Wildman–Crippen LogP) is 5.84. The summed E-state index contributed by atoms with van der Waals surface area (Å²) in [6, 6.07) is 5.24. The lowest BCUT2D eigenvalue weighted by molar-refractivity contribution is -0.137. The first-order valence-electron chi connectivity index (χ1n) is 12.7. The van der Waals surface area contributed by atoms with Gasteiger partial charge in [0, 0.05) is 37.4 Å². The monoisotopic (exact) mass is 545 g/mol. The first kappa shape index (κ1) is 29.2. The molecule has 3 rings (SSSR count). The zero-order chi connectivity index (χ0) is 27.9. The molecule has 1 aliphatic heterocycles. The van der Waals surface area contributed by atoms with Crippen LogP contribution in [0.1, 0.15) is 52.5 Å². The van der Waals surface area contributed by atoms with Crippen LogP contribution in [0.4, 0.5) is 4.79 Å². The summed E-state index contributed by atoms with van der Waals surface area (Å²) in [7, 11) is 1.55. The highest BCUT2D eigenvalue weighted by Gasteiger charge is 2.26. The minimum atomic E-state index is -0.707. The maximum atomic E-state index is 12.7. The van der Waals surface area contributed by atoms with Crippen LogP contribution in [0.15, 0.2) is 35.0 Å². The number of fused-ring (bicyclic) bond motifs is 1. The zero-order valence-electron chi connectivity index (χ0n) is 22.6. The minimum absolute atomic E-state index is 0.0995. The molecule has 1 saturated heterocycles. The number of carbonyl (C=O) groups is 2. The van der Waals surface area contributed by atoms with Crippen molar-refractivity contribution in [3.05, 3.63) is 40.6 Å². The van der Waals surface area contributed by atoms with Gasteiger partial charge in [0.1, 0.15) is 22.7 Å². The topological polar surface area (TPSA) is 111 Å². The number of esters is 1. The number of halogens is 1. The van der Waals surface area contributed by atoms with Crippen molar-refractivity contribution >= 4 is 46.5 Å². The third-order valence-corrected chi connectivity index (χ3v) is 6.58. The average molecular weight is 546 g/mol. The molecule has 2 aromatic rings. The average Bonchev–Trinajstić information content (AvgIpc) is 2.88. The molecule has 0 spiro atoms. The van der Waals surface area contributed by atoms with E-state index in [-0.39, 0.29) is 34.6 Å². The lowest BCUT2D eigenvalue weighted by atomic mass is 9.94. The molecular weight excluding hydrogens is 510 g/mol. The first-order chi connectivity index (χ1) is 18.0. The van der Waals surface area contributed by atoms with Crippen molar-refractivity contribution < 1.29 is 28.9 Å². The van der Waals surface area contributed by atoms with Gasteiger partial charge in [-0.1, -0.05) is 11.6 Å². The van der Waals surface area contributed by atoms with Crippen LogP contribution in [-0.2, 0) is 14.3 Å². The number of piperidine rings is 1. The Labute approximate surface area is 228 Å². The summed E-state index contributed by atoms with van der Waals surface area (Å²) in [5.74, 6) is -0.0872. The number of nitrogens with zero attached hydrogens (tertiary/aromatic N) is 3. The maximum absolute atomic E-state index is 12.7. The van der Waals surface area contributed by atoms with Gasteiger partial charge in [-0.2, -0.15) is 0 Å². The summed E-state index contributed by atoms with van der Waals surface area (Å²) < 4.78 is 15.9. The van der Waals surface area contributed by atoms with Gasteiger partial charge in [-0.05, 0) is 71.1 Å². The van der Waals surface area contributed by atoms with E-state index in [2.05, 4.69) is 9.98 Å². The fourth-order valence-electron chi connectivity index (χ4n) is 4.14. The molecule has 206 valence electrons. The zero-order valence-corrected chi connectivity index (χ0v) is 23.4. The van der Waals surface area contributed by atoms with Crippen LogP contribution in [0.3, 0.4) is 0 Å². The van der Waals surface area contributed by atoms with E-state index in [4.69, 9.17) is 25.8 Å². The van der Waals surface area contributed by atoms with Crippen LogP contribution >= 0.6 is 11.6 Å². The first-order valence-corrected chi connectivity index (χ1v) is 13.1. The molecule has 1 aromatic carbocycles. The number of carbonyl (C=O) groups excluding carboxylic acids is 2. The van der Waals surface area contributed by atoms with Gasteiger partial charge in [0.05, 0.1) is 29.8 Å². The highest BCUT2D eigenvalue weighted by atomic mass is 35.5. The molecular formula is C28H36ClN3O6. The number of methoxy groups -OCH3 is 1. The largest absolute Gasteiger partial charge is 0.506 e. The molecule has 9 nitrogen and oxygen atoms in total. The predicted molar refractivity (Wildman–Crippen MR) is 148 cm³/mol. The third kappa shape index (κ3) is 7.60. The fraction of sp³-hybridized carbons (Fsp3) is 0.500. The normalized spacial score (nSPS) is 15.5. The molecule has 0 atom stereocenters. The molecule has 0 bridgehead atoms. The maximum Gasteiger partial charge on any atom is 0.410 e. The van der Waals surface area contributed by atoms with E-state index < -0.39 is 11.6 Å². The standard InChI is InChI=1S/C28H36ClN3O6/c1-6-37-26(34)22(25(33)21-17-31-23-8-7-19(36-5)15-20(23)24(21)29)16-30-12-9-18-10-13-32(14-11-18)27(35)38-28(2,3)4/h7-8,15-18,33H,6,9-14H2,1-5H3. The SMILES string of the molecule is CCOC(=O)C(C=NCCC1CCN(C(=O)OC(C)(C)C)CC1)=C(O)c1cnc2ccc(OC)cc2c1Cl. The van der Waals surface area contributed by atoms with Gasteiger partial charge in [0.15, 0.2) is 0 Å². The number of hydrogen-bond donors (Lipinski definition) is 1. The van der Waals surface area contributed by atoms with Crippen molar-refractivity contribution in [2.45, 2.75) is 52.6 Å². The van der Waals surface area contributed by atoms with E-state index in [1.807, 2.05) is 20.8 Å². The van der Waals surface area contributed by atoms with Crippen LogP contribution in [-0.4, -0.2) is 72.2 Å². The second-order valence-electron chi connectivity index (χ2n) is 10.1. The van der Waals surface area contributed by atoms with Crippen molar-refractivity contribution in [2.75, 3.05) is 33.4 Å².